The van der Waals surface area contributed by atoms with Crippen LogP contribution < -0.4 is 0 Å². The van der Waals surface area contributed by atoms with Crippen molar-refractivity contribution in [2.75, 3.05) is 12.5 Å². The van der Waals surface area contributed by atoms with Crippen LogP contribution in [0.3, 0.4) is 0 Å². The molecule has 0 radical (unpaired) electrons. The van der Waals surface area contributed by atoms with Gasteiger partial charge >= 0.3 is 0 Å². The summed E-state index contributed by atoms with van der Waals surface area (Å²) < 4.78 is 0. The molecule has 0 fully saturated rings. The number of allylic oxidation sites excluding steroid dienone is 1. The topological polar surface area (TPSA) is 12.4 Å². The maximum atomic E-state index is 4.90. The molecule has 0 bridgehead atoms. The van der Waals surface area contributed by atoms with Crippen molar-refractivity contribution in [3.8, 4) is 0 Å². The van der Waals surface area contributed by atoms with Crippen LogP contribution in [0, 0.1) is 0 Å². The van der Waals surface area contributed by atoms with Crippen molar-refractivity contribution in [3.63, 3.8) is 0 Å². The zero-order valence-corrected chi connectivity index (χ0v) is 12.3. The van der Waals surface area contributed by atoms with E-state index >= 15 is 0 Å². The summed E-state index contributed by atoms with van der Waals surface area (Å²) in [6.07, 6.45) is 4.27. The lowest BCUT2D eigenvalue weighted by atomic mass is 10.1. The second-order valence-electron chi connectivity index (χ2n) is 4.45. The maximum Gasteiger partial charge on any atom is 0.0878 e. The monoisotopic (exact) mass is 263 g/mol. The summed E-state index contributed by atoms with van der Waals surface area (Å²) in [5.74, 6) is 0. The summed E-state index contributed by atoms with van der Waals surface area (Å²) in [4.78, 5) is 7.60. The summed E-state index contributed by atoms with van der Waals surface area (Å²) in [5.41, 5.74) is 2.28. The quantitative estimate of drug-likeness (QED) is 0.810. The Bertz CT molecular complexity index is 472. The van der Waals surface area contributed by atoms with Gasteiger partial charge in [-0.05, 0) is 26.4 Å². The van der Waals surface area contributed by atoms with Crippen LogP contribution in [0.1, 0.15) is 19.4 Å². The van der Waals surface area contributed by atoms with Crippen molar-refractivity contribution in [3.05, 3.63) is 45.7 Å². The van der Waals surface area contributed by atoms with Gasteiger partial charge in [-0.2, -0.15) is 0 Å². The summed E-state index contributed by atoms with van der Waals surface area (Å²) in [6.45, 7) is 4.37. The van der Waals surface area contributed by atoms with E-state index in [1.165, 1.54) is 15.4 Å². The van der Waals surface area contributed by atoms with Gasteiger partial charge in [0.1, 0.15) is 0 Å². The fourth-order valence-corrected chi connectivity index (χ4v) is 4.21. The van der Waals surface area contributed by atoms with Gasteiger partial charge in [0.2, 0.25) is 0 Å². The molecule has 2 rings (SSSR count). The molecule has 0 saturated heterocycles. The third-order valence-corrected chi connectivity index (χ3v) is 4.87. The van der Waals surface area contributed by atoms with Gasteiger partial charge in [-0.1, -0.05) is 30.3 Å². The zero-order chi connectivity index (χ0) is 12.5. The molecule has 1 aliphatic rings. The Kier molecular flexibility index (Phi) is 3.69. The fourth-order valence-electron chi connectivity index (χ4n) is 2.09. The van der Waals surface area contributed by atoms with E-state index in [0.29, 0.717) is 0 Å². The molecule has 0 amide bonds. The molecule has 0 saturated carbocycles. The Balaban J connectivity index is 2.53. The second kappa shape index (κ2) is 4.91. The molecule has 1 nitrogen and oxygen atoms in total. The van der Waals surface area contributed by atoms with Crippen LogP contribution >= 0.6 is 23.5 Å². The summed E-state index contributed by atoms with van der Waals surface area (Å²) in [7, 11) is 0. The smallest absolute Gasteiger partial charge is 0.0878 e. The average Bonchev–Trinajstić information content (AvgIpc) is 2.60. The van der Waals surface area contributed by atoms with E-state index in [4.69, 9.17) is 4.99 Å². The highest BCUT2D eigenvalue weighted by Crippen LogP contribution is 2.43. The SMILES string of the molecule is CSC1=C(SC)C(C)(C)N=C1c1ccccc1. The molecule has 3 heteroatoms. The molecule has 17 heavy (non-hydrogen) atoms. The number of hydrogen-bond acceptors (Lipinski definition) is 3. The summed E-state index contributed by atoms with van der Waals surface area (Å²) >= 11 is 3.61. The van der Waals surface area contributed by atoms with E-state index in [1.807, 2.05) is 17.8 Å². The molecule has 1 heterocycles. The zero-order valence-electron chi connectivity index (χ0n) is 10.7. The van der Waals surface area contributed by atoms with E-state index < -0.39 is 0 Å². The minimum absolute atomic E-state index is 0.0804. The Morgan fingerprint density at radius 2 is 1.65 bits per heavy atom. The van der Waals surface area contributed by atoms with Gasteiger partial charge in [-0.25, -0.2) is 0 Å². The molecular formula is C14H17NS2. The number of hydrogen-bond donors (Lipinski definition) is 0. The van der Waals surface area contributed by atoms with Crippen LogP contribution in [0.4, 0.5) is 0 Å². The van der Waals surface area contributed by atoms with Crippen LogP contribution in [0.2, 0.25) is 0 Å². The van der Waals surface area contributed by atoms with E-state index in [1.54, 1.807) is 11.8 Å². The highest BCUT2D eigenvalue weighted by Gasteiger charge is 2.34. The number of aliphatic imine (C=N–C) groups is 1. The minimum Gasteiger partial charge on any atom is -0.272 e. The van der Waals surface area contributed by atoms with Crippen molar-refractivity contribution >= 4 is 29.2 Å². The predicted molar refractivity (Wildman–Crippen MR) is 81.1 cm³/mol. The van der Waals surface area contributed by atoms with E-state index in [-0.39, 0.29) is 5.54 Å². The predicted octanol–water partition coefficient (Wildman–Crippen LogP) is 4.21. The average molecular weight is 263 g/mol. The lowest BCUT2D eigenvalue weighted by Gasteiger charge is -2.17. The first-order valence-electron chi connectivity index (χ1n) is 5.58. The first-order chi connectivity index (χ1) is 8.10. The first kappa shape index (κ1) is 12.8. The van der Waals surface area contributed by atoms with Crippen LogP contribution in [0.5, 0.6) is 0 Å². The van der Waals surface area contributed by atoms with Gasteiger partial charge in [0.15, 0.2) is 0 Å². The van der Waals surface area contributed by atoms with Crippen molar-refractivity contribution < 1.29 is 0 Å². The van der Waals surface area contributed by atoms with E-state index in [0.717, 1.165) is 5.71 Å². The molecule has 0 spiro atoms. The Morgan fingerprint density at radius 1 is 1.00 bits per heavy atom. The molecule has 1 aromatic carbocycles. The Morgan fingerprint density at radius 3 is 2.18 bits per heavy atom. The van der Waals surface area contributed by atoms with Gasteiger partial charge in [0.05, 0.1) is 11.3 Å². The normalized spacial score (nSPS) is 18.5. The minimum atomic E-state index is -0.0804. The van der Waals surface area contributed by atoms with Crippen molar-refractivity contribution in [2.24, 2.45) is 4.99 Å². The van der Waals surface area contributed by atoms with Gasteiger partial charge < -0.3 is 0 Å². The fraction of sp³-hybridized carbons (Fsp3) is 0.357. The van der Waals surface area contributed by atoms with E-state index in [2.05, 4.69) is 50.6 Å². The Hall–Kier alpha value is -0.670. The lowest BCUT2D eigenvalue weighted by Crippen LogP contribution is -2.14. The lowest BCUT2D eigenvalue weighted by molar-refractivity contribution is 0.659. The second-order valence-corrected chi connectivity index (χ2v) is 6.08. The molecule has 0 N–H and O–H groups in total. The third kappa shape index (κ3) is 2.31. The largest absolute Gasteiger partial charge is 0.272 e. The molecule has 0 aromatic heterocycles. The molecule has 0 aliphatic carbocycles. The summed E-state index contributed by atoms with van der Waals surface area (Å²) in [6, 6.07) is 10.4. The molecule has 90 valence electrons. The van der Waals surface area contributed by atoms with Crippen molar-refractivity contribution in [1.29, 1.82) is 0 Å². The number of benzene rings is 1. The highest BCUT2D eigenvalue weighted by molar-refractivity contribution is 8.06. The van der Waals surface area contributed by atoms with Crippen molar-refractivity contribution in [2.45, 2.75) is 19.4 Å². The van der Waals surface area contributed by atoms with Crippen LogP contribution in [-0.2, 0) is 0 Å². The van der Waals surface area contributed by atoms with Crippen LogP contribution in [0.25, 0.3) is 0 Å². The standard InChI is InChI=1S/C14H17NS2/c1-14(2)13(17-4)12(16-3)11(15-14)10-8-6-5-7-9-10/h5-9H,1-4H3. The first-order valence-corrected chi connectivity index (χ1v) is 8.03. The van der Waals surface area contributed by atoms with Gasteiger partial charge in [-0.3, -0.25) is 4.99 Å². The van der Waals surface area contributed by atoms with Crippen LogP contribution in [-0.4, -0.2) is 23.8 Å². The number of thioether (sulfide) groups is 2. The summed E-state index contributed by atoms with van der Waals surface area (Å²) in [5, 5.41) is 0. The molecule has 1 aromatic rings. The third-order valence-electron chi connectivity index (χ3n) is 2.82. The van der Waals surface area contributed by atoms with Gasteiger partial charge in [0.25, 0.3) is 0 Å². The molecule has 1 aliphatic heterocycles. The molecule has 0 unspecified atom stereocenters. The highest BCUT2D eigenvalue weighted by atomic mass is 32.2. The van der Waals surface area contributed by atoms with Crippen LogP contribution in [0.15, 0.2) is 45.1 Å². The molecule has 0 atom stereocenters. The van der Waals surface area contributed by atoms with Gasteiger partial charge in [-0.15, -0.1) is 23.5 Å². The Labute approximate surface area is 112 Å². The maximum absolute atomic E-state index is 4.90. The number of rotatable bonds is 3. The van der Waals surface area contributed by atoms with Crippen molar-refractivity contribution in [1.82, 2.24) is 0 Å². The number of nitrogens with zero attached hydrogens (tertiary/aromatic N) is 1. The van der Waals surface area contributed by atoms with Gasteiger partial charge in [0, 0.05) is 15.4 Å². The molecular weight excluding hydrogens is 246 g/mol. The van der Waals surface area contributed by atoms with E-state index in [9.17, 15) is 0 Å².